The van der Waals surface area contributed by atoms with Crippen molar-refractivity contribution in [2.24, 2.45) is 0 Å². The molecule has 0 bridgehead atoms. The van der Waals surface area contributed by atoms with E-state index in [1.54, 1.807) is 17.0 Å². The lowest BCUT2D eigenvalue weighted by Crippen LogP contribution is -2.43. The van der Waals surface area contributed by atoms with Gasteiger partial charge in [-0.2, -0.15) is 4.31 Å². The topological polar surface area (TPSA) is 91.8 Å². The van der Waals surface area contributed by atoms with Gasteiger partial charge < -0.3 is 4.90 Å². The van der Waals surface area contributed by atoms with Gasteiger partial charge >= 0.3 is 0 Å². The fourth-order valence-corrected chi connectivity index (χ4v) is 6.26. The van der Waals surface area contributed by atoms with Crippen molar-refractivity contribution in [2.75, 3.05) is 29.5 Å². The van der Waals surface area contributed by atoms with Crippen molar-refractivity contribution in [3.63, 3.8) is 0 Å². The number of carbonyl (C=O) groups is 1. The largest absolute Gasteiger partial charge is 0.309 e. The Morgan fingerprint density at radius 2 is 1.83 bits per heavy atom. The minimum Gasteiger partial charge on any atom is -0.309 e. The Hall–Kier alpha value is -1.45. The quantitative estimate of drug-likeness (QED) is 0.749. The minimum atomic E-state index is -3.72. The highest BCUT2D eigenvalue weighted by atomic mass is 32.2. The summed E-state index contributed by atoms with van der Waals surface area (Å²) in [6.07, 6.45) is 0.604. The number of hydrogen-bond donors (Lipinski definition) is 0. The van der Waals surface area contributed by atoms with Crippen LogP contribution in [-0.2, 0) is 31.1 Å². The molecule has 0 unspecified atom stereocenters. The average Bonchev–Trinajstić information content (AvgIpc) is 2.81. The maximum atomic E-state index is 12.7. The lowest BCUT2D eigenvalue weighted by Gasteiger charge is -2.26. The monoisotopic (exact) mass is 372 g/mol. The second kappa shape index (κ2) is 5.82. The van der Waals surface area contributed by atoms with Crippen LogP contribution in [0.3, 0.4) is 0 Å². The van der Waals surface area contributed by atoms with Crippen LogP contribution in [0.5, 0.6) is 0 Å². The van der Waals surface area contributed by atoms with Gasteiger partial charge in [0.25, 0.3) is 0 Å². The molecule has 2 heterocycles. The van der Waals surface area contributed by atoms with E-state index in [2.05, 4.69) is 0 Å². The molecule has 2 aliphatic heterocycles. The molecule has 0 N–H and O–H groups in total. The molecular formula is C15H20N2O5S2. The molecule has 132 valence electrons. The summed E-state index contributed by atoms with van der Waals surface area (Å²) in [5.41, 5.74) is 1.57. The molecule has 1 fully saturated rings. The average molecular weight is 372 g/mol. The normalized spacial score (nSPS) is 23.9. The predicted octanol–water partition coefficient (Wildman–Crippen LogP) is 0.403. The van der Waals surface area contributed by atoms with Crippen LogP contribution < -0.4 is 4.90 Å². The van der Waals surface area contributed by atoms with E-state index >= 15 is 0 Å². The summed E-state index contributed by atoms with van der Waals surface area (Å²) >= 11 is 0. The number of fused-ring (bicyclic) bond motifs is 1. The molecule has 9 heteroatoms. The van der Waals surface area contributed by atoms with Crippen LogP contribution in [0.15, 0.2) is 23.1 Å². The first-order valence-electron chi connectivity index (χ1n) is 7.75. The fraction of sp³-hybridized carbons (Fsp3) is 0.533. The van der Waals surface area contributed by atoms with Crippen LogP contribution in [0.25, 0.3) is 0 Å². The van der Waals surface area contributed by atoms with Crippen molar-refractivity contribution in [1.82, 2.24) is 4.31 Å². The van der Waals surface area contributed by atoms with Crippen LogP contribution in [0.2, 0.25) is 0 Å². The maximum absolute atomic E-state index is 12.7. The number of sulfonamides is 1. The van der Waals surface area contributed by atoms with Gasteiger partial charge in [-0.1, -0.05) is 0 Å². The van der Waals surface area contributed by atoms with Crippen molar-refractivity contribution >= 4 is 31.5 Å². The third kappa shape index (κ3) is 2.96. The van der Waals surface area contributed by atoms with Crippen molar-refractivity contribution < 1.29 is 21.6 Å². The van der Waals surface area contributed by atoms with Crippen LogP contribution in [0, 0.1) is 0 Å². The molecule has 1 aromatic carbocycles. The fourth-order valence-electron chi connectivity index (χ4n) is 3.33. The van der Waals surface area contributed by atoms with E-state index in [-0.39, 0.29) is 41.4 Å². The summed E-state index contributed by atoms with van der Waals surface area (Å²) in [5.74, 6) is -0.364. The van der Waals surface area contributed by atoms with E-state index in [9.17, 15) is 21.6 Å². The smallest absolute Gasteiger partial charge is 0.243 e. The lowest BCUT2D eigenvalue weighted by atomic mass is 10.1. The van der Waals surface area contributed by atoms with Gasteiger partial charge in [0.15, 0.2) is 9.84 Å². The van der Waals surface area contributed by atoms with E-state index < -0.39 is 19.9 Å². The Morgan fingerprint density at radius 3 is 2.42 bits per heavy atom. The summed E-state index contributed by atoms with van der Waals surface area (Å²) in [4.78, 5) is 13.6. The van der Waals surface area contributed by atoms with Crippen molar-refractivity contribution in [2.45, 2.75) is 31.2 Å². The highest BCUT2D eigenvalue weighted by Gasteiger charge is 2.34. The van der Waals surface area contributed by atoms with E-state index in [1.165, 1.54) is 17.3 Å². The van der Waals surface area contributed by atoms with E-state index in [0.717, 1.165) is 11.3 Å². The zero-order chi connectivity index (χ0) is 17.7. The van der Waals surface area contributed by atoms with Crippen LogP contribution in [0.4, 0.5) is 5.69 Å². The summed E-state index contributed by atoms with van der Waals surface area (Å²) < 4.78 is 49.7. The van der Waals surface area contributed by atoms with Gasteiger partial charge in [-0.25, -0.2) is 16.8 Å². The zero-order valence-electron chi connectivity index (χ0n) is 13.6. The standard InChI is InChI=1S/C15H20N2O5S2/c1-11-9-13-10-14(3-4-15(13)17(11)12(2)18)24(21,22)16-5-7-23(19,20)8-6-16/h3-4,10-11H,5-9H2,1-2H3/t11-/m0/s1. The summed E-state index contributed by atoms with van der Waals surface area (Å²) in [7, 11) is -6.87. The van der Waals surface area contributed by atoms with Gasteiger partial charge in [-0.3, -0.25) is 4.79 Å². The van der Waals surface area contributed by atoms with Crippen molar-refractivity contribution in [1.29, 1.82) is 0 Å². The third-order valence-corrected chi connectivity index (χ3v) is 8.05. The first-order chi connectivity index (χ1) is 11.1. The number of nitrogens with zero attached hydrogens (tertiary/aromatic N) is 2. The number of hydrogen-bond acceptors (Lipinski definition) is 5. The molecule has 0 saturated carbocycles. The van der Waals surface area contributed by atoms with Crippen LogP contribution >= 0.6 is 0 Å². The van der Waals surface area contributed by atoms with Crippen LogP contribution in [0.1, 0.15) is 19.4 Å². The molecule has 1 saturated heterocycles. The summed E-state index contributed by atoms with van der Waals surface area (Å²) in [5, 5.41) is 0. The summed E-state index contributed by atoms with van der Waals surface area (Å²) in [6.45, 7) is 3.38. The number of carbonyl (C=O) groups excluding carboxylic acids is 1. The molecule has 1 aromatic rings. The zero-order valence-corrected chi connectivity index (χ0v) is 15.2. The third-order valence-electron chi connectivity index (χ3n) is 4.55. The van der Waals surface area contributed by atoms with Gasteiger partial charge in [0.05, 0.1) is 16.4 Å². The molecular weight excluding hydrogens is 352 g/mol. The SMILES string of the molecule is CC(=O)N1c2ccc(S(=O)(=O)N3CCS(=O)(=O)CC3)cc2C[C@@H]1C. The minimum absolute atomic E-state index is 0.00409. The Kier molecular flexibility index (Phi) is 4.21. The van der Waals surface area contributed by atoms with Gasteiger partial charge in [0.2, 0.25) is 15.9 Å². The first-order valence-corrected chi connectivity index (χ1v) is 11.0. The molecule has 2 aliphatic rings. The van der Waals surface area contributed by atoms with Crippen LogP contribution in [-0.4, -0.2) is 57.7 Å². The molecule has 0 radical (unpaired) electrons. The Balaban J connectivity index is 1.91. The molecule has 0 spiro atoms. The maximum Gasteiger partial charge on any atom is 0.243 e. The highest BCUT2D eigenvalue weighted by molar-refractivity contribution is 7.92. The number of anilines is 1. The Labute approximate surface area is 142 Å². The number of amides is 1. The van der Waals surface area contributed by atoms with Gasteiger partial charge in [0, 0.05) is 31.7 Å². The lowest BCUT2D eigenvalue weighted by molar-refractivity contribution is -0.116. The number of sulfone groups is 1. The summed E-state index contributed by atoms with van der Waals surface area (Å²) in [6, 6.07) is 4.75. The second-order valence-electron chi connectivity index (χ2n) is 6.29. The molecule has 1 atom stereocenters. The van der Waals surface area contributed by atoms with Crippen molar-refractivity contribution in [3.05, 3.63) is 23.8 Å². The van der Waals surface area contributed by atoms with Gasteiger partial charge in [-0.05, 0) is 37.1 Å². The predicted molar refractivity (Wildman–Crippen MR) is 90.2 cm³/mol. The van der Waals surface area contributed by atoms with Gasteiger partial charge in [0.1, 0.15) is 0 Å². The first kappa shape index (κ1) is 17.4. The van der Waals surface area contributed by atoms with Crippen molar-refractivity contribution in [3.8, 4) is 0 Å². The molecule has 0 aromatic heterocycles. The highest BCUT2D eigenvalue weighted by Crippen LogP contribution is 2.34. The Bertz CT molecular complexity index is 878. The molecule has 3 rings (SSSR count). The molecule has 0 aliphatic carbocycles. The van der Waals surface area contributed by atoms with E-state index in [4.69, 9.17) is 0 Å². The van der Waals surface area contributed by atoms with Gasteiger partial charge in [-0.15, -0.1) is 0 Å². The molecule has 24 heavy (non-hydrogen) atoms. The van der Waals surface area contributed by atoms with E-state index in [0.29, 0.717) is 6.42 Å². The second-order valence-corrected chi connectivity index (χ2v) is 10.5. The Morgan fingerprint density at radius 1 is 1.21 bits per heavy atom. The molecule has 1 amide bonds. The van der Waals surface area contributed by atoms with E-state index in [1.807, 2.05) is 6.92 Å². The molecule has 7 nitrogen and oxygen atoms in total. The number of rotatable bonds is 2. The number of benzene rings is 1.